The smallest absolute Gasteiger partial charge is 0.232 e. The number of rotatable bonds is 2. The van der Waals surface area contributed by atoms with E-state index in [0.717, 1.165) is 29.0 Å². The third kappa shape index (κ3) is 2.68. The van der Waals surface area contributed by atoms with Crippen molar-refractivity contribution in [3.8, 4) is 11.5 Å². The average molecular weight is 321 g/mol. The number of nitrogens with one attached hydrogen (secondary N) is 1. The van der Waals surface area contributed by atoms with Gasteiger partial charge in [-0.3, -0.25) is 4.79 Å². The van der Waals surface area contributed by atoms with Crippen LogP contribution in [-0.4, -0.2) is 11.9 Å². The van der Waals surface area contributed by atoms with E-state index in [4.69, 9.17) is 4.74 Å². The molecule has 4 rings (SSSR count). The highest BCUT2D eigenvalue weighted by atomic mass is 16.5. The van der Waals surface area contributed by atoms with Crippen molar-refractivity contribution in [2.24, 2.45) is 5.92 Å². The summed E-state index contributed by atoms with van der Waals surface area (Å²) >= 11 is 0. The normalized spacial score (nSPS) is 22.9. The van der Waals surface area contributed by atoms with Gasteiger partial charge in [0.15, 0.2) is 0 Å². The van der Waals surface area contributed by atoms with Gasteiger partial charge in [0.25, 0.3) is 0 Å². The van der Waals surface area contributed by atoms with E-state index in [0.29, 0.717) is 5.92 Å². The summed E-state index contributed by atoms with van der Waals surface area (Å²) in [6.07, 6.45) is 4.76. The van der Waals surface area contributed by atoms with Crippen LogP contribution in [0, 0.1) is 5.92 Å². The summed E-state index contributed by atoms with van der Waals surface area (Å²) in [4.78, 5) is 13.2. The molecule has 2 aromatic carbocycles. The molecular weight excluding hydrogens is 298 g/mol. The second kappa shape index (κ2) is 6.31. The van der Waals surface area contributed by atoms with Crippen molar-refractivity contribution in [3.05, 3.63) is 59.7 Å². The molecule has 1 saturated carbocycles. The Morgan fingerprint density at radius 3 is 2.17 bits per heavy atom. The quantitative estimate of drug-likeness (QED) is 0.876. The van der Waals surface area contributed by atoms with Gasteiger partial charge in [-0.25, -0.2) is 0 Å². The summed E-state index contributed by atoms with van der Waals surface area (Å²) in [7, 11) is 0. The maximum Gasteiger partial charge on any atom is 0.232 e. The number of carbonyl (C=O) groups is 1. The SMILES string of the molecule is C[C@H]1CCCC[C@H]1NC(=O)C1c2ccccc2Oc2ccccc21. The van der Waals surface area contributed by atoms with E-state index < -0.39 is 0 Å². The Morgan fingerprint density at radius 1 is 0.958 bits per heavy atom. The molecular formula is C21H23NO2. The molecule has 1 aliphatic carbocycles. The Balaban J connectivity index is 1.67. The lowest BCUT2D eigenvalue weighted by Crippen LogP contribution is -2.43. The van der Waals surface area contributed by atoms with Crippen molar-refractivity contribution < 1.29 is 9.53 Å². The fraction of sp³-hybridized carbons (Fsp3) is 0.381. The van der Waals surface area contributed by atoms with Crippen LogP contribution in [0.2, 0.25) is 0 Å². The molecule has 3 nitrogen and oxygen atoms in total. The number of benzene rings is 2. The van der Waals surface area contributed by atoms with Crippen LogP contribution >= 0.6 is 0 Å². The molecule has 124 valence electrons. The maximum atomic E-state index is 13.2. The van der Waals surface area contributed by atoms with Crippen LogP contribution in [0.1, 0.15) is 49.7 Å². The van der Waals surface area contributed by atoms with Crippen molar-refractivity contribution in [1.29, 1.82) is 0 Å². The zero-order chi connectivity index (χ0) is 16.5. The molecule has 1 fully saturated rings. The molecule has 1 N–H and O–H groups in total. The Labute approximate surface area is 143 Å². The van der Waals surface area contributed by atoms with Gasteiger partial charge in [0.05, 0.1) is 5.92 Å². The van der Waals surface area contributed by atoms with Crippen LogP contribution in [0.25, 0.3) is 0 Å². The fourth-order valence-electron chi connectivity index (χ4n) is 3.99. The van der Waals surface area contributed by atoms with Crippen molar-refractivity contribution in [3.63, 3.8) is 0 Å². The predicted octanol–water partition coefficient (Wildman–Crippen LogP) is 4.62. The van der Waals surface area contributed by atoms with E-state index in [-0.39, 0.29) is 17.9 Å². The van der Waals surface area contributed by atoms with Gasteiger partial charge in [-0.2, -0.15) is 0 Å². The number of amides is 1. The monoisotopic (exact) mass is 321 g/mol. The molecule has 0 unspecified atom stereocenters. The third-order valence-corrected chi connectivity index (χ3v) is 5.38. The van der Waals surface area contributed by atoms with E-state index in [1.54, 1.807) is 0 Å². The summed E-state index contributed by atoms with van der Waals surface area (Å²) < 4.78 is 5.99. The van der Waals surface area contributed by atoms with E-state index in [1.165, 1.54) is 19.3 Å². The van der Waals surface area contributed by atoms with Gasteiger partial charge in [0, 0.05) is 17.2 Å². The Morgan fingerprint density at radius 2 is 1.54 bits per heavy atom. The van der Waals surface area contributed by atoms with Crippen molar-refractivity contribution in [2.75, 3.05) is 0 Å². The molecule has 1 heterocycles. The van der Waals surface area contributed by atoms with Crippen LogP contribution in [-0.2, 0) is 4.79 Å². The molecule has 2 atom stereocenters. The lowest BCUT2D eigenvalue weighted by Gasteiger charge is -2.33. The van der Waals surface area contributed by atoms with Crippen molar-refractivity contribution >= 4 is 5.91 Å². The van der Waals surface area contributed by atoms with Crippen molar-refractivity contribution in [2.45, 2.75) is 44.6 Å². The lowest BCUT2D eigenvalue weighted by atomic mass is 9.83. The molecule has 0 saturated heterocycles. The first-order valence-corrected chi connectivity index (χ1v) is 8.90. The second-order valence-corrected chi connectivity index (χ2v) is 6.99. The van der Waals surface area contributed by atoms with E-state index in [2.05, 4.69) is 12.2 Å². The lowest BCUT2D eigenvalue weighted by molar-refractivity contribution is -0.123. The highest BCUT2D eigenvalue weighted by Crippen LogP contribution is 2.44. The van der Waals surface area contributed by atoms with E-state index in [9.17, 15) is 4.79 Å². The van der Waals surface area contributed by atoms with Gasteiger partial charge in [-0.1, -0.05) is 56.2 Å². The number of hydrogen-bond donors (Lipinski definition) is 1. The summed E-state index contributed by atoms with van der Waals surface area (Å²) in [5.74, 6) is 1.92. The number of carbonyl (C=O) groups excluding carboxylic acids is 1. The molecule has 1 aliphatic heterocycles. The van der Waals surface area contributed by atoms with Crippen LogP contribution in [0.5, 0.6) is 11.5 Å². The number of fused-ring (bicyclic) bond motifs is 2. The number of ether oxygens (including phenoxy) is 1. The topological polar surface area (TPSA) is 38.3 Å². The van der Waals surface area contributed by atoms with E-state index >= 15 is 0 Å². The summed E-state index contributed by atoms with van der Waals surface area (Å²) in [6.45, 7) is 2.25. The largest absolute Gasteiger partial charge is 0.457 e. The Bertz CT molecular complexity index is 710. The van der Waals surface area contributed by atoms with Crippen molar-refractivity contribution in [1.82, 2.24) is 5.32 Å². The standard InChI is InChI=1S/C21H23NO2/c1-14-8-2-5-11-17(14)22-21(23)20-15-9-3-6-12-18(15)24-19-13-7-4-10-16(19)20/h3-4,6-7,9-10,12-14,17,20H,2,5,8,11H2,1H3,(H,22,23)/t14-,17+/m0/s1. The van der Waals surface area contributed by atoms with Crippen LogP contribution < -0.4 is 10.1 Å². The molecule has 0 aromatic heterocycles. The molecule has 24 heavy (non-hydrogen) atoms. The van der Waals surface area contributed by atoms with Crippen LogP contribution in [0.4, 0.5) is 0 Å². The van der Waals surface area contributed by atoms with Crippen LogP contribution in [0.3, 0.4) is 0 Å². The molecule has 1 amide bonds. The zero-order valence-corrected chi connectivity index (χ0v) is 14.0. The van der Waals surface area contributed by atoms with Gasteiger partial charge in [0.1, 0.15) is 11.5 Å². The maximum absolute atomic E-state index is 13.2. The molecule has 0 bridgehead atoms. The average Bonchev–Trinajstić information content (AvgIpc) is 2.61. The molecule has 2 aliphatic rings. The van der Waals surface area contributed by atoms with Gasteiger partial charge < -0.3 is 10.1 Å². The molecule has 2 aromatic rings. The summed E-state index contributed by atoms with van der Waals surface area (Å²) in [6, 6.07) is 16.0. The zero-order valence-electron chi connectivity index (χ0n) is 14.0. The van der Waals surface area contributed by atoms with Gasteiger partial charge >= 0.3 is 0 Å². The highest BCUT2D eigenvalue weighted by Gasteiger charge is 2.34. The minimum atomic E-state index is -0.291. The first-order valence-electron chi connectivity index (χ1n) is 8.90. The minimum Gasteiger partial charge on any atom is -0.457 e. The Kier molecular flexibility index (Phi) is 4.01. The minimum absolute atomic E-state index is 0.0944. The summed E-state index contributed by atoms with van der Waals surface area (Å²) in [5.41, 5.74) is 1.91. The number of hydrogen-bond acceptors (Lipinski definition) is 2. The van der Waals surface area contributed by atoms with Crippen LogP contribution in [0.15, 0.2) is 48.5 Å². The molecule has 3 heteroatoms. The van der Waals surface area contributed by atoms with Gasteiger partial charge in [-0.15, -0.1) is 0 Å². The van der Waals surface area contributed by atoms with E-state index in [1.807, 2.05) is 48.5 Å². The third-order valence-electron chi connectivity index (χ3n) is 5.38. The second-order valence-electron chi connectivity index (χ2n) is 6.99. The molecule has 0 radical (unpaired) electrons. The number of para-hydroxylation sites is 2. The first-order chi connectivity index (χ1) is 11.7. The Hall–Kier alpha value is -2.29. The molecule has 0 spiro atoms. The fourth-order valence-corrected chi connectivity index (χ4v) is 3.99. The van der Waals surface area contributed by atoms with Gasteiger partial charge in [0.2, 0.25) is 5.91 Å². The first kappa shape index (κ1) is 15.3. The van der Waals surface area contributed by atoms with Gasteiger partial charge in [-0.05, 0) is 30.9 Å². The summed E-state index contributed by atoms with van der Waals surface area (Å²) in [5, 5.41) is 3.33. The highest BCUT2D eigenvalue weighted by molar-refractivity contribution is 5.89. The predicted molar refractivity (Wildman–Crippen MR) is 94.4 cm³/mol.